The first-order valence-corrected chi connectivity index (χ1v) is 4.49. The van der Waals surface area contributed by atoms with Crippen molar-refractivity contribution in [1.82, 2.24) is 4.98 Å². The SMILES string of the molecule is C=Cc1ccccc1Cc1ncco1. The maximum Gasteiger partial charge on any atom is 0.198 e. The highest BCUT2D eigenvalue weighted by Crippen LogP contribution is 2.13. The Balaban J connectivity index is 2.28. The summed E-state index contributed by atoms with van der Waals surface area (Å²) in [5.74, 6) is 0.735. The Morgan fingerprint density at radius 3 is 2.93 bits per heavy atom. The van der Waals surface area contributed by atoms with Crippen molar-refractivity contribution in [2.75, 3.05) is 0 Å². The second-order valence-corrected chi connectivity index (χ2v) is 3.01. The molecule has 2 heteroatoms. The van der Waals surface area contributed by atoms with E-state index in [1.54, 1.807) is 12.5 Å². The number of hydrogen-bond donors (Lipinski definition) is 0. The minimum atomic E-state index is 0.717. The molecule has 2 rings (SSSR count). The lowest BCUT2D eigenvalue weighted by Crippen LogP contribution is -1.90. The quantitative estimate of drug-likeness (QED) is 0.734. The van der Waals surface area contributed by atoms with Crippen molar-refractivity contribution in [3.63, 3.8) is 0 Å². The summed E-state index contributed by atoms with van der Waals surface area (Å²) in [6, 6.07) is 8.09. The van der Waals surface area contributed by atoms with Crippen molar-refractivity contribution in [2.45, 2.75) is 6.42 Å². The normalized spacial score (nSPS) is 10.0. The second-order valence-electron chi connectivity index (χ2n) is 3.01. The molecule has 0 aliphatic carbocycles. The number of nitrogens with zero attached hydrogens (tertiary/aromatic N) is 1. The van der Waals surface area contributed by atoms with E-state index in [-0.39, 0.29) is 0 Å². The van der Waals surface area contributed by atoms with Gasteiger partial charge < -0.3 is 4.42 Å². The molecule has 0 amide bonds. The molecule has 0 saturated heterocycles. The molecular weight excluding hydrogens is 174 g/mol. The number of benzene rings is 1. The molecule has 1 heterocycles. The fourth-order valence-electron chi connectivity index (χ4n) is 1.40. The molecule has 70 valence electrons. The van der Waals surface area contributed by atoms with E-state index in [9.17, 15) is 0 Å². The van der Waals surface area contributed by atoms with E-state index in [0.29, 0.717) is 0 Å². The van der Waals surface area contributed by atoms with Gasteiger partial charge in [-0.25, -0.2) is 4.98 Å². The highest BCUT2D eigenvalue weighted by atomic mass is 16.3. The van der Waals surface area contributed by atoms with Gasteiger partial charge in [0.15, 0.2) is 5.89 Å². The fourth-order valence-corrected chi connectivity index (χ4v) is 1.40. The largest absolute Gasteiger partial charge is 0.449 e. The van der Waals surface area contributed by atoms with Gasteiger partial charge in [0.2, 0.25) is 0 Å². The molecule has 0 N–H and O–H groups in total. The first-order valence-electron chi connectivity index (χ1n) is 4.49. The van der Waals surface area contributed by atoms with E-state index >= 15 is 0 Å². The van der Waals surface area contributed by atoms with Gasteiger partial charge in [-0.1, -0.05) is 36.9 Å². The van der Waals surface area contributed by atoms with Crippen LogP contribution in [-0.4, -0.2) is 4.98 Å². The summed E-state index contributed by atoms with van der Waals surface area (Å²) in [4.78, 5) is 4.09. The first-order chi connectivity index (χ1) is 6.90. The van der Waals surface area contributed by atoms with E-state index in [1.165, 1.54) is 5.56 Å². The Kier molecular flexibility index (Phi) is 2.45. The third-order valence-corrected chi connectivity index (χ3v) is 2.10. The molecule has 0 saturated carbocycles. The molecule has 2 aromatic rings. The zero-order valence-corrected chi connectivity index (χ0v) is 7.81. The summed E-state index contributed by atoms with van der Waals surface area (Å²) in [5.41, 5.74) is 2.32. The van der Waals surface area contributed by atoms with Crippen LogP contribution in [0.1, 0.15) is 17.0 Å². The van der Waals surface area contributed by atoms with E-state index in [4.69, 9.17) is 4.42 Å². The lowest BCUT2D eigenvalue weighted by Gasteiger charge is -2.02. The molecule has 0 radical (unpaired) electrons. The number of oxazole rings is 1. The smallest absolute Gasteiger partial charge is 0.198 e. The third kappa shape index (κ3) is 1.74. The number of aromatic nitrogens is 1. The molecule has 1 aromatic heterocycles. The summed E-state index contributed by atoms with van der Waals surface area (Å²) >= 11 is 0. The Bertz CT molecular complexity index is 418. The van der Waals surface area contributed by atoms with Crippen LogP contribution in [0.3, 0.4) is 0 Å². The van der Waals surface area contributed by atoms with E-state index in [0.717, 1.165) is 17.9 Å². The van der Waals surface area contributed by atoms with E-state index in [2.05, 4.69) is 17.6 Å². The first kappa shape index (κ1) is 8.75. The van der Waals surface area contributed by atoms with Gasteiger partial charge in [0.05, 0.1) is 6.20 Å². The molecular formula is C12H11NO. The zero-order valence-electron chi connectivity index (χ0n) is 7.81. The van der Waals surface area contributed by atoms with Gasteiger partial charge >= 0.3 is 0 Å². The highest BCUT2D eigenvalue weighted by Gasteiger charge is 2.02. The highest BCUT2D eigenvalue weighted by molar-refractivity contribution is 5.52. The van der Waals surface area contributed by atoms with Crippen molar-refractivity contribution in [3.8, 4) is 0 Å². The van der Waals surface area contributed by atoms with Crippen LogP contribution in [0.4, 0.5) is 0 Å². The van der Waals surface area contributed by atoms with Crippen molar-refractivity contribution in [1.29, 1.82) is 0 Å². The van der Waals surface area contributed by atoms with E-state index in [1.807, 2.05) is 24.3 Å². The standard InChI is InChI=1S/C12H11NO/c1-2-10-5-3-4-6-11(10)9-12-13-7-8-14-12/h2-8H,1,9H2. The average Bonchev–Trinajstić information content (AvgIpc) is 2.71. The molecule has 0 aliphatic heterocycles. The van der Waals surface area contributed by atoms with Gasteiger partial charge in [0.1, 0.15) is 6.26 Å². The average molecular weight is 185 g/mol. The molecule has 0 bridgehead atoms. The second kappa shape index (κ2) is 3.92. The third-order valence-electron chi connectivity index (χ3n) is 2.10. The van der Waals surface area contributed by atoms with Crippen LogP contribution in [0.25, 0.3) is 6.08 Å². The van der Waals surface area contributed by atoms with Crippen molar-refractivity contribution < 1.29 is 4.42 Å². The Hall–Kier alpha value is -1.83. The van der Waals surface area contributed by atoms with Crippen LogP contribution in [-0.2, 0) is 6.42 Å². The molecule has 0 unspecified atom stereocenters. The molecule has 2 nitrogen and oxygen atoms in total. The van der Waals surface area contributed by atoms with Crippen molar-refractivity contribution >= 4 is 6.08 Å². The Morgan fingerprint density at radius 2 is 2.21 bits per heavy atom. The molecule has 0 spiro atoms. The van der Waals surface area contributed by atoms with Gasteiger partial charge in [-0.3, -0.25) is 0 Å². The summed E-state index contributed by atoms with van der Waals surface area (Å²) in [5, 5.41) is 0. The van der Waals surface area contributed by atoms with Crippen LogP contribution in [0.15, 0.2) is 47.7 Å². The summed E-state index contributed by atoms with van der Waals surface area (Å²) in [6.45, 7) is 3.77. The molecule has 0 fully saturated rings. The predicted molar refractivity (Wildman–Crippen MR) is 55.8 cm³/mol. The van der Waals surface area contributed by atoms with Crippen LogP contribution < -0.4 is 0 Å². The molecule has 0 atom stereocenters. The van der Waals surface area contributed by atoms with Crippen LogP contribution in [0.5, 0.6) is 0 Å². The van der Waals surface area contributed by atoms with Gasteiger partial charge in [-0.05, 0) is 11.1 Å². The lowest BCUT2D eigenvalue weighted by atomic mass is 10.0. The maximum absolute atomic E-state index is 5.19. The van der Waals surface area contributed by atoms with Gasteiger partial charge in [-0.15, -0.1) is 0 Å². The minimum absolute atomic E-state index is 0.717. The number of rotatable bonds is 3. The van der Waals surface area contributed by atoms with Crippen LogP contribution >= 0.6 is 0 Å². The predicted octanol–water partition coefficient (Wildman–Crippen LogP) is 2.91. The van der Waals surface area contributed by atoms with Crippen LogP contribution in [0.2, 0.25) is 0 Å². The zero-order chi connectivity index (χ0) is 9.80. The Morgan fingerprint density at radius 1 is 1.36 bits per heavy atom. The lowest BCUT2D eigenvalue weighted by molar-refractivity contribution is 0.507. The van der Waals surface area contributed by atoms with Gasteiger partial charge in [0.25, 0.3) is 0 Å². The van der Waals surface area contributed by atoms with Crippen LogP contribution in [0, 0.1) is 0 Å². The summed E-state index contributed by atoms with van der Waals surface area (Å²) < 4.78 is 5.19. The summed E-state index contributed by atoms with van der Waals surface area (Å²) in [6.07, 6.45) is 5.81. The minimum Gasteiger partial charge on any atom is -0.449 e. The molecule has 14 heavy (non-hydrogen) atoms. The van der Waals surface area contributed by atoms with Gasteiger partial charge in [-0.2, -0.15) is 0 Å². The van der Waals surface area contributed by atoms with Crippen molar-refractivity contribution in [3.05, 3.63) is 60.3 Å². The van der Waals surface area contributed by atoms with Crippen molar-refractivity contribution in [2.24, 2.45) is 0 Å². The monoisotopic (exact) mass is 185 g/mol. The fraction of sp³-hybridized carbons (Fsp3) is 0.0833. The van der Waals surface area contributed by atoms with Gasteiger partial charge in [0, 0.05) is 6.42 Å². The maximum atomic E-state index is 5.19. The van der Waals surface area contributed by atoms with E-state index < -0.39 is 0 Å². The summed E-state index contributed by atoms with van der Waals surface area (Å²) in [7, 11) is 0. The number of hydrogen-bond acceptors (Lipinski definition) is 2. The topological polar surface area (TPSA) is 26.0 Å². The molecule has 1 aromatic carbocycles. The molecule has 0 aliphatic rings. The Labute approximate surface area is 82.9 Å².